The molecule has 130 valence electrons. The van der Waals surface area contributed by atoms with Crippen LogP contribution >= 0.6 is 0 Å². The number of hydrogen-bond acceptors (Lipinski definition) is 4. The highest BCUT2D eigenvalue weighted by molar-refractivity contribution is 5.58. The van der Waals surface area contributed by atoms with Crippen LogP contribution in [0.25, 0.3) is 11.4 Å². The molecule has 2 aromatic heterocycles. The van der Waals surface area contributed by atoms with Crippen molar-refractivity contribution in [3.8, 4) is 17.5 Å². The van der Waals surface area contributed by atoms with Gasteiger partial charge in [0.1, 0.15) is 5.69 Å². The Morgan fingerprint density at radius 1 is 1.12 bits per heavy atom. The molecule has 3 aromatic rings. The van der Waals surface area contributed by atoms with Crippen molar-refractivity contribution < 1.29 is 0 Å². The summed E-state index contributed by atoms with van der Waals surface area (Å²) in [5, 5.41) is 14.0. The van der Waals surface area contributed by atoms with E-state index in [1.807, 2.05) is 31.3 Å². The fourth-order valence-corrected chi connectivity index (χ4v) is 3.47. The molecule has 1 aliphatic heterocycles. The first-order valence-electron chi connectivity index (χ1n) is 8.85. The van der Waals surface area contributed by atoms with E-state index >= 15 is 0 Å². The third-order valence-corrected chi connectivity index (χ3v) is 4.96. The van der Waals surface area contributed by atoms with Crippen LogP contribution in [0.15, 0.2) is 42.6 Å². The summed E-state index contributed by atoms with van der Waals surface area (Å²) in [5.41, 5.74) is 7.23. The molecule has 0 aliphatic carbocycles. The molecule has 0 radical (unpaired) electrons. The molecule has 5 heteroatoms. The van der Waals surface area contributed by atoms with Gasteiger partial charge in [-0.2, -0.15) is 10.4 Å². The predicted molar refractivity (Wildman–Crippen MR) is 100 cm³/mol. The van der Waals surface area contributed by atoms with Crippen molar-refractivity contribution in [2.24, 2.45) is 0 Å². The molecule has 1 aliphatic rings. The Labute approximate surface area is 153 Å². The van der Waals surface area contributed by atoms with Crippen LogP contribution < -0.4 is 0 Å². The maximum absolute atomic E-state index is 9.23. The summed E-state index contributed by atoms with van der Waals surface area (Å²) >= 11 is 0. The van der Waals surface area contributed by atoms with Gasteiger partial charge in [0.25, 0.3) is 0 Å². The number of aryl methyl sites for hydroxylation is 2. The lowest BCUT2D eigenvalue weighted by atomic mass is 10.1. The van der Waals surface area contributed by atoms with E-state index < -0.39 is 0 Å². The zero-order valence-electron chi connectivity index (χ0n) is 15.1. The monoisotopic (exact) mass is 343 g/mol. The van der Waals surface area contributed by atoms with Crippen molar-refractivity contribution in [3.05, 3.63) is 70.5 Å². The average molecular weight is 343 g/mol. The number of nitriles is 1. The molecule has 0 saturated carbocycles. The van der Waals surface area contributed by atoms with E-state index in [4.69, 9.17) is 5.10 Å². The summed E-state index contributed by atoms with van der Waals surface area (Å²) in [6.07, 6.45) is 1.82. The fraction of sp³-hybridized carbons (Fsp3) is 0.286. The number of benzene rings is 1. The standard InChI is InChI=1S/C21H21N5/c1-15-5-6-17(10-18(15)12-22)13-25-8-9-26-19(14-25)11-20(24-26)21-16(2)4-3-7-23-21/h3-7,10-11H,8-9,13-14H2,1-2H3. The normalized spacial score (nSPS) is 14.0. The van der Waals surface area contributed by atoms with Crippen molar-refractivity contribution in [1.29, 1.82) is 5.26 Å². The first-order chi connectivity index (χ1) is 12.6. The molecule has 0 amide bonds. The molecule has 1 aromatic carbocycles. The van der Waals surface area contributed by atoms with Crippen molar-refractivity contribution in [3.63, 3.8) is 0 Å². The van der Waals surface area contributed by atoms with Crippen LogP contribution in [0.4, 0.5) is 0 Å². The van der Waals surface area contributed by atoms with E-state index in [0.29, 0.717) is 0 Å². The van der Waals surface area contributed by atoms with Crippen molar-refractivity contribution in [2.45, 2.75) is 33.5 Å². The Morgan fingerprint density at radius 2 is 2.00 bits per heavy atom. The van der Waals surface area contributed by atoms with Crippen LogP contribution in [0.2, 0.25) is 0 Å². The highest BCUT2D eigenvalue weighted by Gasteiger charge is 2.20. The number of aromatic nitrogens is 3. The summed E-state index contributed by atoms with van der Waals surface area (Å²) in [6, 6.07) is 14.6. The molecule has 0 N–H and O–H groups in total. The van der Waals surface area contributed by atoms with Gasteiger partial charge < -0.3 is 0 Å². The maximum atomic E-state index is 9.23. The van der Waals surface area contributed by atoms with Gasteiger partial charge >= 0.3 is 0 Å². The molecule has 0 spiro atoms. The van der Waals surface area contributed by atoms with Gasteiger partial charge in [-0.3, -0.25) is 14.6 Å². The Morgan fingerprint density at radius 3 is 2.81 bits per heavy atom. The van der Waals surface area contributed by atoms with E-state index in [2.05, 4.69) is 45.8 Å². The fourth-order valence-electron chi connectivity index (χ4n) is 3.47. The van der Waals surface area contributed by atoms with E-state index in [-0.39, 0.29) is 0 Å². The SMILES string of the molecule is Cc1ccc(CN2CCn3nc(-c4ncccc4C)cc3C2)cc1C#N. The summed E-state index contributed by atoms with van der Waals surface area (Å²) in [6.45, 7) is 7.57. The van der Waals surface area contributed by atoms with Gasteiger partial charge in [-0.1, -0.05) is 18.2 Å². The molecule has 0 unspecified atom stereocenters. The third kappa shape index (κ3) is 3.12. The van der Waals surface area contributed by atoms with Crippen molar-refractivity contribution in [1.82, 2.24) is 19.7 Å². The Hall–Kier alpha value is -2.97. The highest BCUT2D eigenvalue weighted by Crippen LogP contribution is 2.24. The minimum Gasteiger partial charge on any atom is -0.291 e. The van der Waals surface area contributed by atoms with Gasteiger partial charge in [-0.05, 0) is 48.7 Å². The van der Waals surface area contributed by atoms with Crippen LogP contribution in [0, 0.1) is 25.2 Å². The summed E-state index contributed by atoms with van der Waals surface area (Å²) in [7, 11) is 0. The minimum atomic E-state index is 0.762. The zero-order valence-corrected chi connectivity index (χ0v) is 15.1. The number of nitrogens with zero attached hydrogens (tertiary/aromatic N) is 5. The third-order valence-electron chi connectivity index (χ3n) is 4.96. The van der Waals surface area contributed by atoms with E-state index in [9.17, 15) is 5.26 Å². The average Bonchev–Trinajstić information content (AvgIpc) is 3.06. The molecule has 0 bridgehead atoms. The molecule has 5 nitrogen and oxygen atoms in total. The van der Waals surface area contributed by atoms with Gasteiger partial charge in [0.2, 0.25) is 0 Å². The second-order valence-electron chi connectivity index (χ2n) is 6.88. The van der Waals surface area contributed by atoms with E-state index in [0.717, 1.165) is 54.3 Å². The Bertz CT molecular complexity index is 996. The van der Waals surface area contributed by atoms with Gasteiger partial charge in [0, 0.05) is 25.8 Å². The smallest absolute Gasteiger partial charge is 0.111 e. The van der Waals surface area contributed by atoms with Crippen LogP contribution in [-0.4, -0.2) is 26.2 Å². The molecule has 4 rings (SSSR count). The molecule has 0 fully saturated rings. The Balaban J connectivity index is 1.53. The molecule has 0 atom stereocenters. The molecular formula is C21H21N5. The largest absolute Gasteiger partial charge is 0.291 e. The first-order valence-corrected chi connectivity index (χ1v) is 8.85. The van der Waals surface area contributed by atoms with Crippen molar-refractivity contribution in [2.75, 3.05) is 6.54 Å². The maximum Gasteiger partial charge on any atom is 0.111 e. The minimum absolute atomic E-state index is 0.762. The second kappa shape index (κ2) is 6.74. The topological polar surface area (TPSA) is 57.7 Å². The number of hydrogen-bond donors (Lipinski definition) is 0. The van der Waals surface area contributed by atoms with Gasteiger partial charge in [-0.25, -0.2) is 0 Å². The van der Waals surface area contributed by atoms with Gasteiger partial charge in [0.05, 0.1) is 29.6 Å². The first kappa shape index (κ1) is 16.5. The van der Waals surface area contributed by atoms with Crippen LogP contribution in [0.5, 0.6) is 0 Å². The predicted octanol–water partition coefficient (Wildman–Crippen LogP) is 3.45. The number of rotatable bonds is 3. The van der Waals surface area contributed by atoms with E-state index in [1.165, 1.54) is 11.3 Å². The van der Waals surface area contributed by atoms with Gasteiger partial charge in [0.15, 0.2) is 0 Å². The molecule has 3 heterocycles. The Kier molecular flexibility index (Phi) is 4.27. The zero-order chi connectivity index (χ0) is 18.1. The van der Waals surface area contributed by atoms with Crippen LogP contribution in [0.1, 0.15) is 27.9 Å². The lowest BCUT2D eigenvalue weighted by Crippen LogP contribution is -2.33. The number of fused-ring (bicyclic) bond motifs is 1. The lowest BCUT2D eigenvalue weighted by Gasteiger charge is -2.27. The quantitative estimate of drug-likeness (QED) is 0.731. The summed E-state index contributed by atoms with van der Waals surface area (Å²) in [5.74, 6) is 0. The lowest BCUT2D eigenvalue weighted by molar-refractivity contribution is 0.205. The van der Waals surface area contributed by atoms with Crippen LogP contribution in [-0.2, 0) is 19.6 Å². The summed E-state index contributed by atoms with van der Waals surface area (Å²) in [4.78, 5) is 6.89. The molecule has 0 saturated heterocycles. The second-order valence-corrected chi connectivity index (χ2v) is 6.88. The van der Waals surface area contributed by atoms with Gasteiger partial charge in [-0.15, -0.1) is 0 Å². The van der Waals surface area contributed by atoms with Crippen molar-refractivity contribution >= 4 is 0 Å². The van der Waals surface area contributed by atoms with Crippen LogP contribution in [0.3, 0.4) is 0 Å². The van der Waals surface area contributed by atoms with E-state index in [1.54, 1.807) is 0 Å². The highest BCUT2D eigenvalue weighted by atomic mass is 15.3. The molecular weight excluding hydrogens is 322 g/mol. The number of pyridine rings is 1. The molecule has 26 heavy (non-hydrogen) atoms. The summed E-state index contributed by atoms with van der Waals surface area (Å²) < 4.78 is 2.09.